The van der Waals surface area contributed by atoms with Gasteiger partial charge in [0.05, 0.1) is 19.2 Å². The van der Waals surface area contributed by atoms with Gasteiger partial charge in [0.1, 0.15) is 11.4 Å². The lowest BCUT2D eigenvalue weighted by Crippen LogP contribution is -2.56. The van der Waals surface area contributed by atoms with E-state index in [1.165, 1.54) is 43.6 Å². The van der Waals surface area contributed by atoms with Gasteiger partial charge in [-0.05, 0) is 24.3 Å². The van der Waals surface area contributed by atoms with Crippen molar-refractivity contribution in [2.45, 2.75) is 18.3 Å². The number of pyridine rings is 1. The fraction of sp³-hybridized carbons (Fsp3) is 0.235. The van der Waals surface area contributed by atoms with Crippen LogP contribution in [0.25, 0.3) is 0 Å². The Balaban J connectivity index is 2.05. The highest BCUT2D eigenvalue weighted by atomic mass is 19.4. The lowest BCUT2D eigenvalue weighted by molar-refractivity contribution is -0.297. The van der Waals surface area contributed by atoms with Gasteiger partial charge < -0.3 is 9.84 Å². The summed E-state index contributed by atoms with van der Waals surface area (Å²) in [5.41, 5.74) is -3.50. The number of hydrogen-bond acceptors (Lipinski definition) is 5. The zero-order valence-electron chi connectivity index (χ0n) is 13.6. The third kappa shape index (κ3) is 3.01. The molecule has 0 aliphatic carbocycles. The number of nitrogens with zero attached hydrogens (tertiary/aromatic N) is 3. The van der Waals surface area contributed by atoms with Crippen LogP contribution in [0.2, 0.25) is 0 Å². The monoisotopic (exact) mass is 365 g/mol. The average molecular weight is 365 g/mol. The van der Waals surface area contributed by atoms with Crippen molar-refractivity contribution >= 4 is 11.6 Å². The SMILES string of the molecule is COc1cccc(C2=NN(C(=O)c3ccccn3)C(O)(C(F)(F)F)C2)c1. The number of rotatable bonds is 3. The topological polar surface area (TPSA) is 75.0 Å². The first-order valence-corrected chi connectivity index (χ1v) is 7.53. The van der Waals surface area contributed by atoms with Crippen LogP contribution in [0.15, 0.2) is 53.8 Å². The number of methoxy groups -OCH3 is 1. The van der Waals surface area contributed by atoms with Crippen molar-refractivity contribution in [2.24, 2.45) is 5.10 Å². The smallest absolute Gasteiger partial charge is 0.438 e. The highest BCUT2D eigenvalue weighted by Crippen LogP contribution is 2.42. The fourth-order valence-electron chi connectivity index (χ4n) is 2.54. The molecule has 1 N–H and O–H groups in total. The first-order valence-electron chi connectivity index (χ1n) is 7.53. The van der Waals surface area contributed by atoms with E-state index in [-0.39, 0.29) is 16.4 Å². The molecule has 2 heterocycles. The Morgan fingerprint density at radius 1 is 1.27 bits per heavy atom. The van der Waals surface area contributed by atoms with Gasteiger partial charge in [-0.1, -0.05) is 18.2 Å². The van der Waals surface area contributed by atoms with E-state index in [2.05, 4.69) is 10.1 Å². The second-order valence-corrected chi connectivity index (χ2v) is 5.60. The summed E-state index contributed by atoms with van der Waals surface area (Å²) >= 11 is 0. The van der Waals surface area contributed by atoms with Crippen LogP contribution < -0.4 is 4.74 Å². The van der Waals surface area contributed by atoms with Crippen LogP contribution in [0.4, 0.5) is 13.2 Å². The van der Waals surface area contributed by atoms with Crippen molar-refractivity contribution in [3.05, 3.63) is 59.9 Å². The number of amides is 1. The number of aromatic nitrogens is 1. The normalized spacial score (nSPS) is 20.0. The number of benzene rings is 1. The molecular formula is C17H14F3N3O3. The maximum absolute atomic E-state index is 13.5. The molecule has 2 aromatic rings. The number of halogens is 3. The highest BCUT2D eigenvalue weighted by Gasteiger charge is 2.63. The van der Waals surface area contributed by atoms with Gasteiger partial charge in [-0.25, -0.2) is 0 Å². The van der Waals surface area contributed by atoms with E-state index in [0.29, 0.717) is 11.3 Å². The van der Waals surface area contributed by atoms with Crippen molar-refractivity contribution < 1.29 is 27.8 Å². The molecule has 0 saturated carbocycles. The molecule has 1 aliphatic rings. The molecule has 0 fully saturated rings. The average Bonchev–Trinajstić information content (AvgIpc) is 3.01. The summed E-state index contributed by atoms with van der Waals surface area (Å²) in [4.78, 5) is 16.2. The van der Waals surface area contributed by atoms with Gasteiger partial charge in [-0.3, -0.25) is 9.78 Å². The molecule has 1 amide bonds. The molecule has 6 nitrogen and oxygen atoms in total. The first-order chi connectivity index (χ1) is 12.3. The van der Waals surface area contributed by atoms with Crippen LogP contribution in [0, 0.1) is 0 Å². The number of alkyl halides is 3. The summed E-state index contributed by atoms with van der Waals surface area (Å²) in [5, 5.41) is 14.1. The summed E-state index contributed by atoms with van der Waals surface area (Å²) < 4.78 is 45.7. The lowest BCUT2D eigenvalue weighted by Gasteiger charge is -2.32. The molecule has 26 heavy (non-hydrogen) atoms. The summed E-state index contributed by atoms with van der Waals surface area (Å²) in [7, 11) is 1.42. The third-order valence-corrected chi connectivity index (χ3v) is 3.92. The minimum Gasteiger partial charge on any atom is -0.497 e. The molecule has 9 heteroatoms. The zero-order chi connectivity index (χ0) is 18.9. The Morgan fingerprint density at radius 3 is 2.65 bits per heavy atom. The second-order valence-electron chi connectivity index (χ2n) is 5.60. The molecule has 136 valence electrons. The quantitative estimate of drug-likeness (QED) is 0.907. The standard InChI is InChI=1S/C17H14F3N3O3/c1-26-12-6-4-5-11(9-12)14-10-16(25,17(18,19)20)23(22-14)15(24)13-7-2-3-8-21-13/h2-9,25H,10H2,1H3. The summed E-state index contributed by atoms with van der Waals surface area (Å²) in [6.45, 7) is 0. The molecule has 1 aromatic carbocycles. The van der Waals surface area contributed by atoms with E-state index in [1.54, 1.807) is 12.1 Å². The maximum Gasteiger partial charge on any atom is 0.438 e. The minimum absolute atomic E-state index is 0.0458. The third-order valence-electron chi connectivity index (χ3n) is 3.92. The van der Waals surface area contributed by atoms with Crippen molar-refractivity contribution in [3.8, 4) is 5.75 Å². The van der Waals surface area contributed by atoms with E-state index in [4.69, 9.17) is 4.74 Å². The van der Waals surface area contributed by atoms with Crippen molar-refractivity contribution in [2.75, 3.05) is 7.11 Å². The van der Waals surface area contributed by atoms with E-state index < -0.39 is 24.2 Å². The molecule has 1 atom stereocenters. The van der Waals surface area contributed by atoms with E-state index in [0.717, 1.165) is 0 Å². The van der Waals surface area contributed by atoms with E-state index >= 15 is 0 Å². The van der Waals surface area contributed by atoms with Crippen molar-refractivity contribution in [3.63, 3.8) is 0 Å². The van der Waals surface area contributed by atoms with Gasteiger partial charge in [0.15, 0.2) is 0 Å². The maximum atomic E-state index is 13.5. The van der Waals surface area contributed by atoms with E-state index in [1.807, 2.05) is 0 Å². The van der Waals surface area contributed by atoms with Crippen LogP contribution >= 0.6 is 0 Å². The summed E-state index contributed by atoms with van der Waals surface area (Å²) in [5.74, 6) is -0.737. The van der Waals surface area contributed by atoms with E-state index in [9.17, 15) is 23.1 Å². The molecule has 0 saturated heterocycles. The minimum atomic E-state index is -5.11. The number of aliphatic hydroxyl groups is 1. The highest BCUT2D eigenvalue weighted by molar-refractivity contribution is 6.05. The Bertz CT molecular complexity index is 855. The number of ether oxygens (including phenoxy) is 1. The lowest BCUT2D eigenvalue weighted by atomic mass is 10.0. The van der Waals surface area contributed by atoms with Gasteiger partial charge in [-0.2, -0.15) is 23.3 Å². The van der Waals surface area contributed by atoms with Gasteiger partial charge in [0.25, 0.3) is 11.6 Å². The predicted octanol–water partition coefficient (Wildman–Crippen LogP) is 2.59. The number of carbonyl (C=O) groups is 1. The number of carbonyl (C=O) groups excluding carboxylic acids is 1. The van der Waals surface area contributed by atoms with Gasteiger partial charge >= 0.3 is 6.18 Å². The van der Waals surface area contributed by atoms with Crippen LogP contribution in [0.1, 0.15) is 22.5 Å². The molecule has 3 rings (SSSR count). The zero-order valence-corrected chi connectivity index (χ0v) is 13.6. The van der Waals surface area contributed by atoms with Crippen LogP contribution in [-0.4, -0.2) is 45.7 Å². The molecule has 0 bridgehead atoms. The van der Waals surface area contributed by atoms with Gasteiger partial charge in [0, 0.05) is 11.8 Å². The van der Waals surface area contributed by atoms with Crippen molar-refractivity contribution in [1.29, 1.82) is 0 Å². The molecule has 0 spiro atoms. The second kappa shape index (κ2) is 6.41. The molecular weight excluding hydrogens is 351 g/mol. The first kappa shape index (κ1) is 17.9. The summed E-state index contributed by atoms with van der Waals surface area (Å²) in [6.07, 6.45) is -4.74. The molecule has 1 aromatic heterocycles. The predicted molar refractivity (Wildman–Crippen MR) is 85.6 cm³/mol. The number of hydrazone groups is 1. The Hall–Kier alpha value is -2.94. The number of hydrogen-bond donors (Lipinski definition) is 1. The van der Waals surface area contributed by atoms with Gasteiger partial charge in [0.2, 0.25) is 0 Å². The largest absolute Gasteiger partial charge is 0.497 e. The fourth-order valence-corrected chi connectivity index (χ4v) is 2.54. The molecule has 1 unspecified atom stereocenters. The van der Waals surface area contributed by atoms with Crippen molar-refractivity contribution in [1.82, 2.24) is 9.99 Å². The van der Waals surface area contributed by atoms with Crippen LogP contribution in [-0.2, 0) is 0 Å². The molecule has 1 aliphatic heterocycles. The van der Waals surface area contributed by atoms with Crippen LogP contribution in [0.3, 0.4) is 0 Å². The Morgan fingerprint density at radius 2 is 2.04 bits per heavy atom. The Labute approximate surface area is 146 Å². The Kier molecular flexibility index (Phi) is 4.41. The van der Waals surface area contributed by atoms with Crippen LogP contribution in [0.5, 0.6) is 5.75 Å². The van der Waals surface area contributed by atoms with Gasteiger partial charge in [-0.15, -0.1) is 0 Å². The summed E-state index contributed by atoms with van der Waals surface area (Å²) in [6, 6.07) is 10.4. The molecule has 0 radical (unpaired) electrons.